The molecule has 0 bridgehead atoms. The van der Waals surface area contributed by atoms with E-state index in [-0.39, 0.29) is 5.91 Å². The average molecular weight is 212 g/mol. The van der Waals surface area contributed by atoms with Crippen LogP contribution in [0.4, 0.5) is 0 Å². The van der Waals surface area contributed by atoms with E-state index in [1.165, 1.54) is 12.8 Å². The van der Waals surface area contributed by atoms with Crippen LogP contribution in [0.25, 0.3) is 0 Å². The molecular formula is C11H20N2O2. The summed E-state index contributed by atoms with van der Waals surface area (Å²) in [5, 5.41) is 2.93. The third kappa shape index (κ3) is 2.92. The molecule has 15 heavy (non-hydrogen) atoms. The van der Waals surface area contributed by atoms with Gasteiger partial charge >= 0.3 is 0 Å². The van der Waals surface area contributed by atoms with Crippen LogP contribution in [-0.4, -0.2) is 50.2 Å². The minimum atomic E-state index is 0.243. The molecule has 0 aromatic rings. The molecule has 0 spiro atoms. The van der Waals surface area contributed by atoms with E-state index in [0.29, 0.717) is 18.5 Å². The number of rotatable bonds is 5. The van der Waals surface area contributed by atoms with Gasteiger partial charge in [0.05, 0.1) is 13.2 Å². The third-order valence-corrected chi connectivity index (χ3v) is 3.11. The van der Waals surface area contributed by atoms with Crippen molar-refractivity contribution in [2.24, 2.45) is 5.92 Å². The largest absolute Gasteiger partial charge is 0.381 e. The standard InChI is InChI=1S/C11H20N2O2/c1-12-6-11(14)13(10-2-3-10)7-9-4-5-15-8-9/h9-10,12H,2-8H2,1H3. The summed E-state index contributed by atoms with van der Waals surface area (Å²) in [5.74, 6) is 0.804. The third-order valence-electron chi connectivity index (χ3n) is 3.11. The smallest absolute Gasteiger partial charge is 0.236 e. The first-order chi connectivity index (χ1) is 7.31. The van der Waals surface area contributed by atoms with Crippen LogP contribution in [0.5, 0.6) is 0 Å². The van der Waals surface area contributed by atoms with Crippen LogP contribution in [0.3, 0.4) is 0 Å². The van der Waals surface area contributed by atoms with Crippen molar-refractivity contribution in [2.45, 2.75) is 25.3 Å². The molecule has 4 nitrogen and oxygen atoms in total. The minimum absolute atomic E-state index is 0.243. The topological polar surface area (TPSA) is 41.6 Å². The number of carbonyl (C=O) groups excluding carboxylic acids is 1. The summed E-state index contributed by atoms with van der Waals surface area (Å²) in [6.07, 6.45) is 3.47. The molecule has 86 valence electrons. The van der Waals surface area contributed by atoms with Crippen molar-refractivity contribution in [1.29, 1.82) is 0 Å². The molecule has 1 atom stereocenters. The van der Waals surface area contributed by atoms with Crippen LogP contribution in [0.15, 0.2) is 0 Å². The van der Waals surface area contributed by atoms with Gasteiger partial charge in [-0.25, -0.2) is 0 Å². The zero-order chi connectivity index (χ0) is 10.7. The van der Waals surface area contributed by atoms with Crippen LogP contribution >= 0.6 is 0 Å². The van der Waals surface area contributed by atoms with Crippen LogP contribution in [0.1, 0.15) is 19.3 Å². The quantitative estimate of drug-likeness (QED) is 0.709. The first-order valence-electron chi connectivity index (χ1n) is 5.83. The van der Waals surface area contributed by atoms with Gasteiger partial charge < -0.3 is 15.0 Å². The fourth-order valence-electron chi connectivity index (χ4n) is 2.10. The van der Waals surface area contributed by atoms with Crippen LogP contribution in [-0.2, 0) is 9.53 Å². The lowest BCUT2D eigenvalue weighted by molar-refractivity contribution is -0.131. The van der Waals surface area contributed by atoms with Crippen molar-refractivity contribution in [3.05, 3.63) is 0 Å². The number of amides is 1. The molecule has 1 heterocycles. The van der Waals surface area contributed by atoms with Gasteiger partial charge in [-0.05, 0) is 26.3 Å². The fraction of sp³-hybridized carbons (Fsp3) is 0.909. The van der Waals surface area contributed by atoms with Gasteiger partial charge in [0.2, 0.25) is 5.91 Å². The first-order valence-corrected chi connectivity index (χ1v) is 5.83. The number of ether oxygens (including phenoxy) is 1. The highest BCUT2D eigenvalue weighted by Gasteiger charge is 2.34. The number of hydrogen-bond acceptors (Lipinski definition) is 3. The van der Waals surface area contributed by atoms with Crippen LogP contribution < -0.4 is 5.32 Å². The molecule has 1 saturated heterocycles. The Morgan fingerprint density at radius 1 is 1.47 bits per heavy atom. The van der Waals surface area contributed by atoms with E-state index in [1.54, 1.807) is 0 Å². The second kappa shape index (κ2) is 4.94. The van der Waals surface area contributed by atoms with Gasteiger partial charge in [0.15, 0.2) is 0 Å². The number of likely N-dealkylation sites (N-methyl/N-ethyl adjacent to an activating group) is 1. The maximum absolute atomic E-state index is 11.8. The van der Waals surface area contributed by atoms with E-state index in [4.69, 9.17) is 4.74 Å². The molecule has 2 rings (SSSR count). The Labute approximate surface area is 91.0 Å². The molecule has 0 aromatic heterocycles. The molecule has 4 heteroatoms. The molecule has 1 unspecified atom stereocenters. The zero-order valence-electron chi connectivity index (χ0n) is 9.37. The van der Waals surface area contributed by atoms with Crippen molar-refractivity contribution in [2.75, 3.05) is 33.4 Å². The number of hydrogen-bond donors (Lipinski definition) is 1. The normalized spacial score (nSPS) is 25.5. The van der Waals surface area contributed by atoms with E-state index in [0.717, 1.165) is 26.2 Å². The summed E-state index contributed by atoms with van der Waals surface area (Å²) in [4.78, 5) is 13.9. The predicted molar refractivity (Wildman–Crippen MR) is 57.6 cm³/mol. The fourth-order valence-corrected chi connectivity index (χ4v) is 2.10. The summed E-state index contributed by atoms with van der Waals surface area (Å²) in [5.41, 5.74) is 0. The zero-order valence-corrected chi connectivity index (χ0v) is 9.37. The molecule has 1 amide bonds. The Bertz CT molecular complexity index is 223. The maximum atomic E-state index is 11.8. The molecule has 2 aliphatic rings. The van der Waals surface area contributed by atoms with E-state index >= 15 is 0 Å². The Hall–Kier alpha value is -0.610. The first kappa shape index (κ1) is 10.9. The summed E-state index contributed by atoms with van der Waals surface area (Å²) in [6.45, 7) is 3.05. The lowest BCUT2D eigenvalue weighted by atomic mass is 10.1. The van der Waals surface area contributed by atoms with Crippen molar-refractivity contribution in [3.8, 4) is 0 Å². The van der Waals surface area contributed by atoms with Crippen molar-refractivity contribution < 1.29 is 9.53 Å². The lowest BCUT2D eigenvalue weighted by Crippen LogP contribution is -2.41. The SMILES string of the molecule is CNCC(=O)N(CC1CCOC1)C1CC1. The summed E-state index contributed by atoms with van der Waals surface area (Å²) < 4.78 is 5.34. The Morgan fingerprint density at radius 2 is 2.27 bits per heavy atom. The van der Waals surface area contributed by atoms with Crippen molar-refractivity contribution >= 4 is 5.91 Å². The van der Waals surface area contributed by atoms with E-state index in [2.05, 4.69) is 10.2 Å². The highest BCUT2D eigenvalue weighted by Crippen LogP contribution is 2.28. The van der Waals surface area contributed by atoms with E-state index in [9.17, 15) is 4.79 Å². The van der Waals surface area contributed by atoms with Gasteiger partial charge in [0, 0.05) is 25.1 Å². The molecule has 1 saturated carbocycles. The van der Waals surface area contributed by atoms with Gasteiger partial charge in [0.25, 0.3) is 0 Å². The number of carbonyl (C=O) groups is 1. The van der Waals surface area contributed by atoms with Gasteiger partial charge in [0.1, 0.15) is 0 Å². The van der Waals surface area contributed by atoms with Crippen LogP contribution in [0.2, 0.25) is 0 Å². The van der Waals surface area contributed by atoms with Gasteiger partial charge in [-0.2, -0.15) is 0 Å². The number of nitrogens with zero attached hydrogens (tertiary/aromatic N) is 1. The number of nitrogens with one attached hydrogen (secondary N) is 1. The summed E-state index contributed by atoms with van der Waals surface area (Å²) >= 11 is 0. The van der Waals surface area contributed by atoms with Crippen molar-refractivity contribution in [1.82, 2.24) is 10.2 Å². The Kier molecular flexibility index (Phi) is 3.59. The lowest BCUT2D eigenvalue weighted by Gasteiger charge is -2.25. The molecule has 0 aromatic carbocycles. The highest BCUT2D eigenvalue weighted by molar-refractivity contribution is 5.78. The summed E-state index contributed by atoms with van der Waals surface area (Å²) in [6, 6.07) is 0.520. The highest BCUT2D eigenvalue weighted by atomic mass is 16.5. The van der Waals surface area contributed by atoms with E-state index < -0.39 is 0 Å². The maximum Gasteiger partial charge on any atom is 0.236 e. The van der Waals surface area contributed by atoms with E-state index in [1.807, 2.05) is 7.05 Å². The van der Waals surface area contributed by atoms with Gasteiger partial charge in [-0.15, -0.1) is 0 Å². The molecule has 1 N–H and O–H groups in total. The second-order valence-electron chi connectivity index (χ2n) is 4.54. The molecular weight excluding hydrogens is 192 g/mol. The monoisotopic (exact) mass is 212 g/mol. The molecule has 0 radical (unpaired) electrons. The predicted octanol–water partition coefficient (Wildman–Crippen LogP) is 0.233. The molecule has 2 fully saturated rings. The Morgan fingerprint density at radius 3 is 2.80 bits per heavy atom. The second-order valence-corrected chi connectivity index (χ2v) is 4.54. The summed E-state index contributed by atoms with van der Waals surface area (Å²) in [7, 11) is 1.82. The average Bonchev–Trinajstić information content (AvgIpc) is 2.93. The Balaban J connectivity index is 1.84. The van der Waals surface area contributed by atoms with Crippen LogP contribution in [0, 0.1) is 5.92 Å². The van der Waals surface area contributed by atoms with Gasteiger partial charge in [-0.3, -0.25) is 4.79 Å². The molecule has 1 aliphatic heterocycles. The molecule has 1 aliphatic carbocycles. The van der Waals surface area contributed by atoms with Crippen molar-refractivity contribution in [3.63, 3.8) is 0 Å². The minimum Gasteiger partial charge on any atom is -0.381 e. The van der Waals surface area contributed by atoms with Gasteiger partial charge in [-0.1, -0.05) is 0 Å².